The number of thioether (sulfide) groups is 1. The van der Waals surface area contributed by atoms with E-state index < -0.39 is 0 Å². The molecule has 1 amide bonds. The number of ether oxygens (including phenoxy) is 1. The number of hydrogen-bond acceptors (Lipinski definition) is 4. The second-order valence-electron chi connectivity index (χ2n) is 6.21. The second kappa shape index (κ2) is 9.06. The summed E-state index contributed by atoms with van der Waals surface area (Å²) in [4.78, 5) is 19.6. The third-order valence-electron chi connectivity index (χ3n) is 4.42. The van der Waals surface area contributed by atoms with Gasteiger partial charge in [0.1, 0.15) is 0 Å². The fourth-order valence-corrected chi connectivity index (χ4v) is 4.06. The third kappa shape index (κ3) is 4.34. The fourth-order valence-electron chi connectivity index (χ4n) is 3.04. The first kappa shape index (κ1) is 19.5. The zero-order valence-electron chi connectivity index (χ0n) is 16.0. The predicted molar refractivity (Wildman–Crippen MR) is 111 cm³/mol. The first-order valence-corrected chi connectivity index (χ1v) is 10.0. The van der Waals surface area contributed by atoms with Crippen LogP contribution in [0.25, 0.3) is 11.0 Å². The summed E-state index contributed by atoms with van der Waals surface area (Å²) in [7, 11) is 1.69. The summed E-state index contributed by atoms with van der Waals surface area (Å²) >= 11 is 1.50. The van der Waals surface area contributed by atoms with Gasteiger partial charge in [-0.25, -0.2) is 4.98 Å². The lowest BCUT2D eigenvalue weighted by atomic mass is 10.2. The Morgan fingerprint density at radius 1 is 1.19 bits per heavy atom. The van der Waals surface area contributed by atoms with Crippen molar-refractivity contribution in [2.24, 2.45) is 0 Å². The van der Waals surface area contributed by atoms with Gasteiger partial charge < -0.3 is 14.2 Å². The zero-order valence-corrected chi connectivity index (χ0v) is 16.8. The molecule has 0 saturated carbocycles. The highest BCUT2D eigenvalue weighted by Gasteiger charge is 2.24. The number of imidazole rings is 1. The van der Waals surface area contributed by atoms with Crippen molar-refractivity contribution in [1.29, 1.82) is 0 Å². The van der Waals surface area contributed by atoms with E-state index >= 15 is 0 Å². The molecule has 2 aromatic carbocycles. The van der Waals surface area contributed by atoms with Crippen LogP contribution in [-0.4, -0.2) is 41.0 Å². The van der Waals surface area contributed by atoms with Gasteiger partial charge in [0.25, 0.3) is 0 Å². The van der Waals surface area contributed by atoms with E-state index in [4.69, 9.17) is 9.72 Å². The highest BCUT2D eigenvalue weighted by atomic mass is 32.2. The molecule has 27 heavy (non-hydrogen) atoms. The molecule has 0 aliphatic carbocycles. The lowest BCUT2D eigenvalue weighted by Gasteiger charge is -2.24. The Kier molecular flexibility index (Phi) is 6.53. The van der Waals surface area contributed by atoms with Gasteiger partial charge in [0.2, 0.25) is 5.91 Å². The average molecular weight is 384 g/mol. The molecule has 0 fully saturated rings. The maximum absolute atomic E-state index is 13.1. The molecule has 0 aliphatic heterocycles. The number of benzene rings is 2. The fraction of sp³-hybridized carbons (Fsp3) is 0.333. The maximum atomic E-state index is 13.1. The number of carbonyl (C=O) groups excluding carboxylic acids is 1. The summed E-state index contributed by atoms with van der Waals surface area (Å²) in [6.07, 6.45) is 0. The van der Waals surface area contributed by atoms with Crippen molar-refractivity contribution in [2.45, 2.75) is 30.8 Å². The third-order valence-corrected chi connectivity index (χ3v) is 5.50. The number of methoxy groups -OCH3 is 1. The van der Waals surface area contributed by atoms with Gasteiger partial charge >= 0.3 is 0 Å². The van der Waals surface area contributed by atoms with Crippen LogP contribution in [0, 0.1) is 0 Å². The molecule has 0 aliphatic rings. The van der Waals surface area contributed by atoms with Crippen molar-refractivity contribution < 1.29 is 9.53 Å². The van der Waals surface area contributed by atoms with Gasteiger partial charge in [-0.2, -0.15) is 0 Å². The van der Waals surface area contributed by atoms with Gasteiger partial charge in [-0.15, -0.1) is 0 Å². The summed E-state index contributed by atoms with van der Waals surface area (Å²) in [5.74, 6) is 0.0825. The molecule has 0 bridgehead atoms. The number of carbonyl (C=O) groups is 1. The molecule has 0 radical (unpaired) electrons. The number of para-hydroxylation sites is 3. The Balaban J connectivity index is 1.84. The number of amides is 1. The number of hydrogen-bond donors (Lipinski definition) is 0. The van der Waals surface area contributed by atoms with E-state index in [1.165, 1.54) is 11.8 Å². The zero-order chi connectivity index (χ0) is 19.2. The Morgan fingerprint density at radius 3 is 2.59 bits per heavy atom. The molecule has 5 nitrogen and oxygen atoms in total. The smallest absolute Gasteiger partial charge is 0.240 e. The molecular weight excluding hydrogens is 358 g/mol. The summed E-state index contributed by atoms with van der Waals surface area (Å²) < 4.78 is 7.38. The van der Waals surface area contributed by atoms with E-state index in [0.29, 0.717) is 19.7 Å². The van der Waals surface area contributed by atoms with Crippen LogP contribution in [0.3, 0.4) is 0 Å². The Labute approximate surface area is 164 Å². The molecule has 0 N–H and O–H groups in total. The van der Waals surface area contributed by atoms with Gasteiger partial charge in [0.15, 0.2) is 5.16 Å². The van der Waals surface area contributed by atoms with Crippen molar-refractivity contribution in [1.82, 2.24) is 9.55 Å². The molecule has 1 unspecified atom stereocenters. The SMILES string of the molecule is CCN(C(=O)C(C)Sc1nc2ccccc2n1CCOC)c1ccccc1. The van der Waals surface area contributed by atoms with Crippen molar-refractivity contribution in [3.05, 3.63) is 54.6 Å². The molecular formula is C21H25N3O2S. The molecule has 3 rings (SSSR count). The van der Waals surface area contributed by atoms with Crippen LogP contribution in [0.15, 0.2) is 59.8 Å². The van der Waals surface area contributed by atoms with Crippen molar-refractivity contribution in [3.63, 3.8) is 0 Å². The minimum absolute atomic E-state index is 0.0825. The van der Waals surface area contributed by atoms with Crippen LogP contribution in [0.4, 0.5) is 5.69 Å². The molecule has 142 valence electrons. The molecule has 0 spiro atoms. The molecule has 6 heteroatoms. The molecule has 1 aromatic heterocycles. The van der Waals surface area contributed by atoms with E-state index in [0.717, 1.165) is 21.9 Å². The highest BCUT2D eigenvalue weighted by Crippen LogP contribution is 2.29. The summed E-state index contributed by atoms with van der Waals surface area (Å²) in [6.45, 7) is 5.88. The van der Waals surface area contributed by atoms with Crippen LogP contribution in [0.2, 0.25) is 0 Å². The van der Waals surface area contributed by atoms with Gasteiger partial charge in [0.05, 0.1) is 22.9 Å². The average Bonchev–Trinajstić information content (AvgIpc) is 3.04. The Bertz CT molecular complexity index is 895. The highest BCUT2D eigenvalue weighted by molar-refractivity contribution is 8.00. The number of anilines is 1. The lowest BCUT2D eigenvalue weighted by molar-refractivity contribution is -0.117. The number of aromatic nitrogens is 2. The van der Waals surface area contributed by atoms with Gasteiger partial charge in [-0.3, -0.25) is 4.79 Å². The van der Waals surface area contributed by atoms with Crippen LogP contribution >= 0.6 is 11.8 Å². The quantitative estimate of drug-likeness (QED) is 0.547. The first-order valence-electron chi connectivity index (χ1n) is 9.13. The second-order valence-corrected chi connectivity index (χ2v) is 7.51. The van der Waals surface area contributed by atoms with E-state index in [2.05, 4.69) is 10.6 Å². The van der Waals surface area contributed by atoms with Crippen LogP contribution < -0.4 is 4.90 Å². The molecule has 3 aromatic rings. The van der Waals surface area contributed by atoms with Crippen molar-refractivity contribution in [2.75, 3.05) is 25.2 Å². The number of fused-ring (bicyclic) bond motifs is 1. The van der Waals surface area contributed by atoms with Crippen LogP contribution in [0.5, 0.6) is 0 Å². The molecule has 0 saturated heterocycles. The van der Waals surface area contributed by atoms with Gasteiger partial charge in [-0.1, -0.05) is 42.1 Å². The molecule has 1 atom stereocenters. The van der Waals surface area contributed by atoms with E-state index in [1.54, 1.807) is 7.11 Å². The minimum atomic E-state index is -0.247. The maximum Gasteiger partial charge on any atom is 0.240 e. The largest absolute Gasteiger partial charge is 0.383 e. The van der Waals surface area contributed by atoms with Gasteiger partial charge in [0, 0.05) is 25.9 Å². The first-order chi connectivity index (χ1) is 13.2. The monoisotopic (exact) mass is 383 g/mol. The van der Waals surface area contributed by atoms with Crippen molar-refractivity contribution >= 4 is 34.4 Å². The summed E-state index contributed by atoms with van der Waals surface area (Å²) in [6, 6.07) is 17.8. The normalized spacial score (nSPS) is 12.3. The lowest BCUT2D eigenvalue weighted by Crippen LogP contribution is -2.36. The van der Waals surface area contributed by atoms with Crippen molar-refractivity contribution in [3.8, 4) is 0 Å². The topological polar surface area (TPSA) is 47.4 Å². The summed E-state index contributed by atoms with van der Waals surface area (Å²) in [5, 5.41) is 0.599. The van der Waals surface area contributed by atoms with E-state index in [1.807, 2.05) is 67.3 Å². The number of rotatable bonds is 8. The Hall–Kier alpha value is -2.31. The van der Waals surface area contributed by atoms with E-state index in [9.17, 15) is 4.79 Å². The Morgan fingerprint density at radius 2 is 1.89 bits per heavy atom. The van der Waals surface area contributed by atoms with Crippen LogP contribution in [0.1, 0.15) is 13.8 Å². The predicted octanol–water partition coefficient (Wildman–Crippen LogP) is 4.22. The van der Waals surface area contributed by atoms with Gasteiger partial charge in [-0.05, 0) is 38.1 Å². The number of nitrogens with zero attached hydrogens (tertiary/aromatic N) is 3. The van der Waals surface area contributed by atoms with E-state index in [-0.39, 0.29) is 11.2 Å². The molecule has 1 heterocycles. The minimum Gasteiger partial charge on any atom is -0.383 e. The standard InChI is InChI=1S/C21H25N3O2S/c1-4-23(17-10-6-5-7-11-17)20(25)16(2)27-21-22-18-12-8-9-13-19(18)24(21)14-15-26-3/h5-13,16H,4,14-15H2,1-3H3. The van der Waals surface area contributed by atoms with Crippen LogP contribution in [-0.2, 0) is 16.1 Å². The summed E-state index contributed by atoms with van der Waals surface area (Å²) in [5.41, 5.74) is 2.92.